The van der Waals surface area contributed by atoms with E-state index in [1.165, 1.54) is 13.0 Å². The van der Waals surface area contributed by atoms with E-state index < -0.39 is 53.7 Å². The van der Waals surface area contributed by atoms with Crippen LogP contribution in [-0.2, 0) is 19.2 Å². The van der Waals surface area contributed by atoms with Crippen molar-refractivity contribution < 1.29 is 28.5 Å². The molecule has 13 nitrogen and oxygen atoms in total. The molecule has 13 heteroatoms. The van der Waals surface area contributed by atoms with Gasteiger partial charge in [0.25, 0.3) is 5.91 Å². The number of aromatic nitrogens is 1. The van der Waals surface area contributed by atoms with Crippen LogP contribution >= 0.6 is 0 Å². The Labute approximate surface area is 216 Å². The summed E-state index contributed by atoms with van der Waals surface area (Å²) in [5, 5.41) is 23.2. The summed E-state index contributed by atoms with van der Waals surface area (Å²) in [6.07, 6.45) is 0.238. The highest BCUT2D eigenvalue weighted by Crippen LogP contribution is 2.09. The largest absolute Gasteiger partial charge is 0.370 e. The molecule has 0 saturated heterocycles. The van der Waals surface area contributed by atoms with Crippen molar-refractivity contribution in [1.29, 1.82) is 5.26 Å². The molecule has 204 valence electrons. The molecule has 1 aromatic heterocycles. The lowest BCUT2D eigenvalue weighted by Crippen LogP contribution is -2.58. The van der Waals surface area contributed by atoms with Crippen LogP contribution < -0.4 is 27.0 Å². The van der Waals surface area contributed by atoms with E-state index in [-0.39, 0.29) is 36.8 Å². The third-order valence-corrected chi connectivity index (χ3v) is 5.34. The Morgan fingerprint density at radius 3 is 2.14 bits per heavy atom. The minimum atomic E-state index is -1.01. The van der Waals surface area contributed by atoms with Gasteiger partial charge in [0.1, 0.15) is 29.9 Å². The predicted molar refractivity (Wildman–Crippen MR) is 132 cm³/mol. The van der Waals surface area contributed by atoms with Gasteiger partial charge in [-0.2, -0.15) is 5.26 Å². The fourth-order valence-electron chi connectivity index (χ4n) is 3.32. The van der Waals surface area contributed by atoms with Gasteiger partial charge >= 0.3 is 0 Å². The molecule has 0 spiro atoms. The van der Waals surface area contributed by atoms with Gasteiger partial charge in [-0.15, -0.1) is 0 Å². The molecule has 0 aliphatic heterocycles. The molecule has 0 radical (unpaired) electrons. The second kappa shape index (κ2) is 14.6. The van der Waals surface area contributed by atoms with Crippen LogP contribution in [0.5, 0.6) is 0 Å². The number of primary amides is 1. The Morgan fingerprint density at radius 1 is 1.00 bits per heavy atom. The second-order valence-corrected chi connectivity index (χ2v) is 9.63. The van der Waals surface area contributed by atoms with Crippen LogP contribution in [0.4, 0.5) is 0 Å². The van der Waals surface area contributed by atoms with Crippen molar-refractivity contribution in [2.24, 2.45) is 17.6 Å². The molecule has 0 aromatic carbocycles. The molecular weight excluding hydrogens is 482 g/mol. The number of aryl methyl sites for hydroxylation is 1. The highest BCUT2D eigenvalue weighted by atomic mass is 16.5. The van der Waals surface area contributed by atoms with Crippen LogP contribution in [0.15, 0.2) is 10.6 Å². The molecular formula is C24H37N7O6. The predicted octanol–water partition coefficient (Wildman–Crippen LogP) is 0.0469. The minimum absolute atomic E-state index is 0.0179. The summed E-state index contributed by atoms with van der Waals surface area (Å²) in [5.74, 6) is -2.90. The third-order valence-electron chi connectivity index (χ3n) is 5.34. The Balaban J connectivity index is 2.88. The summed E-state index contributed by atoms with van der Waals surface area (Å²) in [6, 6.07) is -0.608. The number of amides is 5. The maximum Gasteiger partial charge on any atom is 0.274 e. The van der Waals surface area contributed by atoms with Crippen molar-refractivity contribution in [3.05, 3.63) is 17.5 Å². The Bertz CT molecular complexity index is 1010. The van der Waals surface area contributed by atoms with Crippen LogP contribution in [0.25, 0.3) is 0 Å². The van der Waals surface area contributed by atoms with Crippen molar-refractivity contribution in [3.8, 4) is 6.07 Å². The van der Waals surface area contributed by atoms with E-state index in [2.05, 4.69) is 26.4 Å². The van der Waals surface area contributed by atoms with Crippen LogP contribution in [0.2, 0.25) is 0 Å². The maximum atomic E-state index is 13.1. The molecule has 37 heavy (non-hydrogen) atoms. The van der Waals surface area contributed by atoms with Crippen LogP contribution in [-0.4, -0.2) is 58.9 Å². The topological polar surface area (TPSA) is 209 Å². The van der Waals surface area contributed by atoms with Gasteiger partial charge in [-0.1, -0.05) is 32.9 Å². The summed E-state index contributed by atoms with van der Waals surface area (Å²) in [4.78, 5) is 62.0. The van der Waals surface area contributed by atoms with E-state index in [0.717, 1.165) is 0 Å². The van der Waals surface area contributed by atoms with Crippen molar-refractivity contribution in [3.63, 3.8) is 0 Å². The standard InChI is InChI=1S/C24H37N7O6/c1-12(2)9-17(22(34)28-16(11-25)7-8-19(26)32)29-24(36)20(13(3)4)30-21(33)15(6)27-23(35)18-10-14(5)37-31-18/h10,12-13,15-17,20H,7-9H2,1-6H3,(H2,26,32)(H,27,35)(H,28,34)(H,29,36)(H,30,33)/t15-,16-,17-,20-/m0/s1. The van der Waals surface area contributed by atoms with Crippen molar-refractivity contribution >= 4 is 29.5 Å². The number of carbonyl (C=O) groups excluding carboxylic acids is 5. The number of nitriles is 1. The summed E-state index contributed by atoms with van der Waals surface area (Å²) in [5.41, 5.74) is 5.13. The molecule has 0 fully saturated rings. The zero-order valence-electron chi connectivity index (χ0n) is 22.1. The van der Waals surface area contributed by atoms with Gasteiger partial charge in [-0.3, -0.25) is 24.0 Å². The summed E-state index contributed by atoms with van der Waals surface area (Å²) < 4.78 is 4.86. The first-order chi connectivity index (χ1) is 17.2. The number of nitrogens with zero attached hydrogens (tertiary/aromatic N) is 2. The van der Waals surface area contributed by atoms with Crippen LogP contribution in [0, 0.1) is 30.1 Å². The monoisotopic (exact) mass is 519 g/mol. The molecule has 0 unspecified atom stereocenters. The highest BCUT2D eigenvalue weighted by molar-refractivity contribution is 5.97. The van der Waals surface area contributed by atoms with Crippen molar-refractivity contribution in [2.45, 2.75) is 85.0 Å². The number of hydrogen-bond acceptors (Lipinski definition) is 8. The highest BCUT2D eigenvalue weighted by Gasteiger charge is 2.31. The fraction of sp³-hybridized carbons (Fsp3) is 0.625. The Morgan fingerprint density at radius 2 is 1.65 bits per heavy atom. The average Bonchev–Trinajstić information content (AvgIpc) is 3.24. The third kappa shape index (κ3) is 10.7. The molecule has 5 amide bonds. The lowest BCUT2D eigenvalue weighted by Gasteiger charge is -2.27. The van der Waals surface area contributed by atoms with E-state index in [1.54, 1.807) is 20.8 Å². The molecule has 0 aliphatic rings. The number of carbonyl (C=O) groups is 5. The minimum Gasteiger partial charge on any atom is -0.370 e. The quantitative estimate of drug-likeness (QED) is 0.226. The normalized spacial score (nSPS) is 14.1. The van der Waals surface area contributed by atoms with E-state index in [9.17, 15) is 29.2 Å². The fourth-order valence-corrected chi connectivity index (χ4v) is 3.32. The molecule has 1 aromatic rings. The van der Waals surface area contributed by atoms with Gasteiger partial charge in [0.05, 0.1) is 6.07 Å². The first-order valence-corrected chi connectivity index (χ1v) is 12.1. The molecule has 0 bridgehead atoms. The second-order valence-electron chi connectivity index (χ2n) is 9.63. The first-order valence-electron chi connectivity index (χ1n) is 12.1. The lowest BCUT2D eigenvalue weighted by molar-refractivity contribution is -0.133. The molecule has 6 N–H and O–H groups in total. The van der Waals surface area contributed by atoms with Gasteiger partial charge in [0.15, 0.2) is 5.69 Å². The van der Waals surface area contributed by atoms with Gasteiger partial charge in [0.2, 0.25) is 23.6 Å². The molecule has 0 saturated carbocycles. The smallest absolute Gasteiger partial charge is 0.274 e. The van der Waals surface area contributed by atoms with E-state index in [4.69, 9.17) is 10.3 Å². The molecule has 1 rings (SSSR count). The Kier molecular flexibility index (Phi) is 12.2. The zero-order valence-corrected chi connectivity index (χ0v) is 22.1. The number of nitrogens with one attached hydrogen (secondary N) is 4. The van der Waals surface area contributed by atoms with Gasteiger partial charge in [-0.25, -0.2) is 0 Å². The van der Waals surface area contributed by atoms with Crippen LogP contribution in [0.1, 0.15) is 70.1 Å². The molecule has 4 atom stereocenters. The number of hydrogen-bond donors (Lipinski definition) is 5. The maximum absolute atomic E-state index is 13.1. The van der Waals surface area contributed by atoms with E-state index >= 15 is 0 Å². The summed E-state index contributed by atoms with van der Waals surface area (Å²) >= 11 is 0. The number of rotatable bonds is 14. The van der Waals surface area contributed by atoms with E-state index in [0.29, 0.717) is 5.76 Å². The lowest BCUT2D eigenvalue weighted by atomic mass is 9.99. The zero-order chi connectivity index (χ0) is 28.3. The van der Waals surface area contributed by atoms with Crippen molar-refractivity contribution in [2.75, 3.05) is 0 Å². The Hall–Kier alpha value is -3.95. The van der Waals surface area contributed by atoms with Gasteiger partial charge < -0.3 is 31.5 Å². The molecule has 0 aliphatic carbocycles. The van der Waals surface area contributed by atoms with Crippen molar-refractivity contribution in [1.82, 2.24) is 26.4 Å². The summed E-state index contributed by atoms with van der Waals surface area (Å²) in [6.45, 7) is 10.3. The van der Waals surface area contributed by atoms with Crippen LogP contribution in [0.3, 0.4) is 0 Å². The number of nitrogens with two attached hydrogens (primary N) is 1. The van der Waals surface area contributed by atoms with Gasteiger partial charge in [-0.05, 0) is 38.5 Å². The average molecular weight is 520 g/mol. The SMILES string of the molecule is Cc1cc(C(=O)N[C@@H](C)C(=O)N[C@H](C(=O)N[C@@H](CC(C)C)C(=O)N[C@H](C#N)CCC(N)=O)C(C)C)no1. The molecule has 1 heterocycles. The first kappa shape index (κ1) is 31.1. The van der Waals surface area contributed by atoms with E-state index in [1.807, 2.05) is 19.9 Å². The summed E-state index contributed by atoms with van der Waals surface area (Å²) in [7, 11) is 0. The van der Waals surface area contributed by atoms with Gasteiger partial charge in [0, 0.05) is 12.5 Å².